The van der Waals surface area contributed by atoms with Crippen molar-refractivity contribution in [3.05, 3.63) is 29.8 Å². The summed E-state index contributed by atoms with van der Waals surface area (Å²) in [6.45, 7) is 11.1. The van der Waals surface area contributed by atoms with E-state index in [-0.39, 0.29) is 11.3 Å². The van der Waals surface area contributed by atoms with Crippen LogP contribution < -0.4 is 10.6 Å². The van der Waals surface area contributed by atoms with Crippen molar-refractivity contribution >= 4 is 11.6 Å². The summed E-state index contributed by atoms with van der Waals surface area (Å²) in [5, 5.41) is 6.34. The summed E-state index contributed by atoms with van der Waals surface area (Å²) in [5.41, 5.74) is 1.77. The van der Waals surface area contributed by atoms with E-state index >= 15 is 0 Å². The Morgan fingerprint density at radius 1 is 1.21 bits per heavy atom. The Morgan fingerprint density at radius 2 is 1.79 bits per heavy atom. The molecule has 0 radical (unpaired) electrons. The van der Waals surface area contributed by atoms with Crippen LogP contribution in [0.25, 0.3) is 0 Å². The lowest BCUT2D eigenvalue weighted by molar-refractivity contribution is -0.124. The molecule has 1 aromatic carbocycles. The van der Waals surface area contributed by atoms with E-state index in [2.05, 4.69) is 36.6 Å². The third-order valence-electron chi connectivity index (χ3n) is 3.68. The number of hydrogen-bond acceptors (Lipinski definition) is 2. The van der Waals surface area contributed by atoms with Crippen molar-refractivity contribution in [2.75, 3.05) is 11.9 Å². The Balaban J connectivity index is 2.70. The molecule has 0 aliphatic rings. The number of benzene rings is 1. The van der Waals surface area contributed by atoms with Crippen molar-refractivity contribution in [1.29, 1.82) is 0 Å². The number of amides is 1. The zero-order valence-corrected chi connectivity index (χ0v) is 12.7. The molecule has 0 saturated carbocycles. The molecule has 1 rings (SSSR count). The third kappa shape index (κ3) is 4.35. The number of carbonyl (C=O) groups excluding carboxylic acids is 1. The van der Waals surface area contributed by atoms with E-state index in [1.165, 1.54) is 5.56 Å². The summed E-state index contributed by atoms with van der Waals surface area (Å²) in [7, 11) is 0. The second-order valence-electron chi connectivity index (χ2n) is 5.59. The van der Waals surface area contributed by atoms with Crippen LogP contribution in [0.5, 0.6) is 0 Å². The maximum absolute atomic E-state index is 12.1. The Hall–Kier alpha value is -1.35. The van der Waals surface area contributed by atoms with Crippen LogP contribution in [0.3, 0.4) is 0 Å². The van der Waals surface area contributed by atoms with Crippen LogP contribution in [0.15, 0.2) is 24.3 Å². The smallest absolute Gasteiger partial charge is 0.230 e. The normalized spacial score (nSPS) is 13.1. The van der Waals surface area contributed by atoms with Gasteiger partial charge in [0.25, 0.3) is 0 Å². The molecule has 0 saturated heterocycles. The van der Waals surface area contributed by atoms with Gasteiger partial charge in [0.1, 0.15) is 0 Å². The minimum Gasteiger partial charge on any atom is -0.326 e. The predicted octanol–water partition coefficient (Wildman–Crippen LogP) is 3.73. The summed E-state index contributed by atoms with van der Waals surface area (Å²) in [6.07, 6.45) is 0.828. The minimum atomic E-state index is -0.324. The average Bonchev–Trinajstić information content (AvgIpc) is 2.39. The third-order valence-corrected chi connectivity index (χ3v) is 3.68. The first kappa shape index (κ1) is 15.7. The summed E-state index contributed by atoms with van der Waals surface area (Å²) in [4.78, 5) is 12.1. The highest BCUT2D eigenvalue weighted by atomic mass is 16.2. The van der Waals surface area contributed by atoms with E-state index in [4.69, 9.17) is 0 Å². The standard InChI is InChI=1S/C16H26N2O/c1-6-16(4,5)15(19)18-14-10-8-13(9-11-14)12(3)17-7-2/h8-12,17H,6-7H2,1-5H3,(H,18,19). The van der Waals surface area contributed by atoms with Crippen molar-refractivity contribution in [3.63, 3.8) is 0 Å². The molecule has 0 aromatic heterocycles. The first-order valence-electron chi connectivity index (χ1n) is 7.05. The largest absolute Gasteiger partial charge is 0.326 e. The second-order valence-corrected chi connectivity index (χ2v) is 5.59. The summed E-state index contributed by atoms with van der Waals surface area (Å²) >= 11 is 0. The summed E-state index contributed by atoms with van der Waals surface area (Å²) < 4.78 is 0. The molecule has 2 N–H and O–H groups in total. The van der Waals surface area contributed by atoms with Crippen molar-refractivity contribution in [3.8, 4) is 0 Å². The van der Waals surface area contributed by atoms with Crippen LogP contribution in [0.4, 0.5) is 5.69 Å². The highest BCUT2D eigenvalue weighted by Gasteiger charge is 2.25. The lowest BCUT2D eigenvalue weighted by Gasteiger charge is -2.21. The lowest BCUT2D eigenvalue weighted by atomic mass is 9.89. The Morgan fingerprint density at radius 3 is 2.26 bits per heavy atom. The van der Waals surface area contributed by atoms with Crippen molar-refractivity contribution < 1.29 is 4.79 Å². The van der Waals surface area contributed by atoms with Crippen molar-refractivity contribution in [2.45, 2.75) is 47.1 Å². The quantitative estimate of drug-likeness (QED) is 0.820. The van der Waals surface area contributed by atoms with Gasteiger partial charge < -0.3 is 10.6 Å². The highest BCUT2D eigenvalue weighted by molar-refractivity contribution is 5.94. The monoisotopic (exact) mass is 262 g/mol. The van der Waals surface area contributed by atoms with Crippen molar-refractivity contribution in [1.82, 2.24) is 5.32 Å². The van der Waals surface area contributed by atoms with Gasteiger partial charge >= 0.3 is 0 Å². The van der Waals surface area contributed by atoms with Gasteiger partial charge in [-0.05, 0) is 37.6 Å². The van der Waals surface area contributed by atoms with Crippen LogP contribution in [0, 0.1) is 5.41 Å². The van der Waals surface area contributed by atoms with E-state index < -0.39 is 0 Å². The van der Waals surface area contributed by atoms with E-state index in [0.29, 0.717) is 6.04 Å². The summed E-state index contributed by atoms with van der Waals surface area (Å²) in [6, 6.07) is 8.38. The molecule has 1 atom stereocenters. The topological polar surface area (TPSA) is 41.1 Å². The molecular weight excluding hydrogens is 236 g/mol. The van der Waals surface area contributed by atoms with Gasteiger partial charge in [0.2, 0.25) is 5.91 Å². The molecule has 0 aliphatic heterocycles. The lowest BCUT2D eigenvalue weighted by Crippen LogP contribution is -2.30. The van der Waals surface area contributed by atoms with E-state index in [9.17, 15) is 4.79 Å². The van der Waals surface area contributed by atoms with Gasteiger partial charge in [0.05, 0.1) is 0 Å². The number of nitrogens with one attached hydrogen (secondary N) is 2. The molecule has 0 bridgehead atoms. The van der Waals surface area contributed by atoms with Gasteiger partial charge in [-0.1, -0.05) is 39.8 Å². The maximum Gasteiger partial charge on any atom is 0.230 e. The number of hydrogen-bond donors (Lipinski definition) is 2. The Bertz CT molecular complexity index is 409. The van der Waals surface area contributed by atoms with Gasteiger partial charge in [-0.2, -0.15) is 0 Å². The molecule has 1 amide bonds. The maximum atomic E-state index is 12.1. The predicted molar refractivity (Wildman–Crippen MR) is 81.2 cm³/mol. The van der Waals surface area contributed by atoms with E-state index in [1.807, 2.05) is 32.9 Å². The van der Waals surface area contributed by atoms with Gasteiger partial charge in [-0.25, -0.2) is 0 Å². The Labute approximate surface area is 116 Å². The first-order valence-corrected chi connectivity index (χ1v) is 7.05. The molecule has 106 valence electrons. The number of carbonyl (C=O) groups is 1. The Kier molecular flexibility index (Phi) is 5.55. The highest BCUT2D eigenvalue weighted by Crippen LogP contribution is 2.23. The van der Waals surface area contributed by atoms with Crippen LogP contribution in [0.1, 0.15) is 52.6 Å². The van der Waals surface area contributed by atoms with E-state index in [0.717, 1.165) is 18.7 Å². The van der Waals surface area contributed by atoms with Crippen LogP contribution in [0.2, 0.25) is 0 Å². The fourth-order valence-corrected chi connectivity index (χ4v) is 1.74. The zero-order chi connectivity index (χ0) is 14.5. The number of rotatable bonds is 6. The molecule has 3 heteroatoms. The minimum absolute atomic E-state index is 0.0717. The van der Waals surface area contributed by atoms with Gasteiger partial charge in [-0.15, -0.1) is 0 Å². The number of anilines is 1. The zero-order valence-electron chi connectivity index (χ0n) is 12.7. The van der Waals surface area contributed by atoms with Gasteiger partial charge in [0, 0.05) is 17.1 Å². The average molecular weight is 262 g/mol. The molecule has 19 heavy (non-hydrogen) atoms. The molecule has 0 spiro atoms. The summed E-state index contributed by atoms with van der Waals surface area (Å²) in [5.74, 6) is 0.0717. The fourth-order valence-electron chi connectivity index (χ4n) is 1.74. The van der Waals surface area contributed by atoms with Crippen molar-refractivity contribution in [2.24, 2.45) is 5.41 Å². The van der Waals surface area contributed by atoms with E-state index in [1.54, 1.807) is 0 Å². The molecule has 1 unspecified atom stereocenters. The SMILES string of the molecule is CCNC(C)c1ccc(NC(=O)C(C)(C)CC)cc1. The first-order chi connectivity index (χ1) is 8.90. The molecular formula is C16H26N2O. The van der Waals surface area contributed by atoms with Crippen LogP contribution >= 0.6 is 0 Å². The second kappa shape index (κ2) is 6.71. The molecule has 0 heterocycles. The van der Waals surface area contributed by atoms with Crippen LogP contribution in [-0.2, 0) is 4.79 Å². The molecule has 0 aliphatic carbocycles. The van der Waals surface area contributed by atoms with Gasteiger partial charge in [0.15, 0.2) is 0 Å². The van der Waals surface area contributed by atoms with Crippen LogP contribution in [-0.4, -0.2) is 12.5 Å². The molecule has 3 nitrogen and oxygen atoms in total. The molecule has 0 fully saturated rings. The fraction of sp³-hybridized carbons (Fsp3) is 0.562. The molecule has 1 aromatic rings. The van der Waals surface area contributed by atoms with Gasteiger partial charge in [-0.3, -0.25) is 4.79 Å².